The van der Waals surface area contributed by atoms with Gasteiger partial charge in [-0.25, -0.2) is 0 Å². The average molecular weight is 287 g/mol. The van der Waals surface area contributed by atoms with Crippen molar-refractivity contribution in [2.45, 2.75) is 19.3 Å². The maximum Gasteiger partial charge on any atom is 0.183 e. The molecule has 0 unspecified atom stereocenters. The highest BCUT2D eigenvalue weighted by molar-refractivity contribution is 5.94. The average Bonchev–Trinajstić information content (AvgIpc) is 2.87. The van der Waals surface area contributed by atoms with Gasteiger partial charge in [-0.05, 0) is 38.1 Å². The molecular weight excluding hydrogens is 266 g/mol. The van der Waals surface area contributed by atoms with Crippen LogP contribution < -0.4 is 9.64 Å². The summed E-state index contributed by atoms with van der Waals surface area (Å²) in [6, 6.07) is 5.90. The van der Waals surface area contributed by atoms with Gasteiger partial charge in [-0.15, -0.1) is 0 Å². The van der Waals surface area contributed by atoms with E-state index in [1.165, 1.54) is 32.4 Å². The molecule has 0 atom stereocenters. The Balaban J connectivity index is 1.55. The number of hydrogen-bond donors (Lipinski definition) is 0. The summed E-state index contributed by atoms with van der Waals surface area (Å²) in [6.45, 7) is 6.11. The number of likely N-dealkylation sites (tertiary alicyclic amines) is 1. The lowest BCUT2D eigenvalue weighted by atomic mass is 10.1. The van der Waals surface area contributed by atoms with Gasteiger partial charge in [0.05, 0.1) is 6.54 Å². The van der Waals surface area contributed by atoms with Gasteiger partial charge in [0, 0.05) is 13.1 Å². The molecule has 112 valence electrons. The van der Waals surface area contributed by atoms with Gasteiger partial charge in [-0.3, -0.25) is 0 Å². The highest BCUT2D eigenvalue weighted by atomic mass is 16.5. The Morgan fingerprint density at radius 3 is 2.86 bits per heavy atom. The molecule has 3 heterocycles. The van der Waals surface area contributed by atoms with Gasteiger partial charge in [-0.1, -0.05) is 17.6 Å². The zero-order chi connectivity index (χ0) is 14.1. The van der Waals surface area contributed by atoms with E-state index in [0.29, 0.717) is 6.61 Å². The van der Waals surface area contributed by atoms with Gasteiger partial charge in [-0.2, -0.15) is 0 Å². The number of ether oxygens (including phenoxy) is 1. The molecule has 1 aromatic heterocycles. The maximum atomic E-state index is 5.85. The maximum absolute atomic E-state index is 5.85. The molecule has 1 fully saturated rings. The van der Waals surface area contributed by atoms with E-state index in [1.807, 2.05) is 18.2 Å². The largest absolute Gasteiger partial charge is 0.491 e. The first-order chi connectivity index (χ1) is 10.4. The van der Waals surface area contributed by atoms with E-state index in [0.717, 1.165) is 42.2 Å². The van der Waals surface area contributed by atoms with E-state index >= 15 is 0 Å². The van der Waals surface area contributed by atoms with E-state index in [9.17, 15) is 0 Å². The molecular formula is C16H21N3O2. The highest BCUT2D eigenvalue weighted by Crippen LogP contribution is 2.35. The Hall–Kier alpha value is -1.75. The first-order valence-electron chi connectivity index (χ1n) is 7.90. The molecule has 2 aliphatic heterocycles. The topological polar surface area (TPSA) is 41.7 Å². The molecule has 0 amide bonds. The van der Waals surface area contributed by atoms with Crippen molar-refractivity contribution in [3.63, 3.8) is 0 Å². The number of benzene rings is 1. The molecule has 1 aromatic carbocycles. The van der Waals surface area contributed by atoms with Gasteiger partial charge in [0.25, 0.3) is 0 Å². The molecule has 2 aromatic rings. The van der Waals surface area contributed by atoms with E-state index in [2.05, 4.69) is 15.0 Å². The lowest BCUT2D eigenvalue weighted by molar-refractivity contribution is 0.231. The number of nitrogens with zero attached hydrogens (tertiary/aromatic N) is 3. The van der Waals surface area contributed by atoms with Gasteiger partial charge < -0.3 is 19.1 Å². The third-order valence-electron chi connectivity index (χ3n) is 4.50. The fourth-order valence-electron chi connectivity index (χ4n) is 3.32. The Morgan fingerprint density at radius 2 is 1.95 bits per heavy atom. The van der Waals surface area contributed by atoms with E-state index in [-0.39, 0.29) is 0 Å². The predicted octanol–water partition coefficient (Wildman–Crippen LogP) is 2.51. The van der Waals surface area contributed by atoms with Crippen molar-refractivity contribution in [1.29, 1.82) is 0 Å². The van der Waals surface area contributed by atoms with Crippen molar-refractivity contribution in [3.8, 4) is 5.75 Å². The molecule has 5 heteroatoms. The molecule has 0 spiro atoms. The summed E-state index contributed by atoms with van der Waals surface area (Å²) in [5, 5.41) is 5.31. The summed E-state index contributed by atoms with van der Waals surface area (Å²) in [6.07, 6.45) is 4.05. The molecule has 4 rings (SSSR count). The summed E-state index contributed by atoms with van der Waals surface area (Å²) in [4.78, 5) is 4.86. The fourth-order valence-corrected chi connectivity index (χ4v) is 3.32. The van der Waals surface area contributed by atoms with Crippen molar-refractivity contribution >= 4 is 16.8 Å². The van der Waals surface area contributed by atoms with Gasteiger partial charge in [0.2, 0.25) is 0 Å². The second-order valence-electron chi connectivity index (χ2n) is 5.87. The molecule has 5 nitrogen and oxygen atoms in total. The van der Waals surface area contributed by atoms with Gasteiger partial charge in [0.1, 0.15) is 17.7 Å². The second-order valence-corrected chi connectivity index (χ2v) is 5.87. The summed E-state index contributed by atoms with van der Waals surface area (Å²) in [5.74, 6) is 1.83. The number of aromatic nitrogens is 1. The minimum Gasteiger partial charge on any atom is -0.491 e. The zero-order valence-electron chi connectivity index (χ0n) is 12.3. The van der Waals surface area contributed by atoms with Crippen LogP contribution >= 0.6 is 0 Å². The van der Waals surface area contributed by atoms with Crippen molar-refractivity contribution in [2.75, 3.05) is 44.2 Å². The third-order valence-corrected chi connectivity index (χ3v) is 4.50. The standard InChI is InChI=1S/C16H21N3O2/c1-2-7-18(8-3-1)9-10-19-11-12-20-13-5-4-6-14-15(13)16(19)17-21-14/h4-6H,1-3,7-12H2. The van der Waals surface area contributed by atoms with E-state index in [4.69, 9.17) is 9.26 Å². The SMILES string of the molecule is c1cc2c3c(noc3c1)N(CCN1CCCCC1)CCO2. The molecule has 0 aliphatic carbocycles. The first kappa shape index (κ1) is 13.0. The number of rotatable bonds is 3. The van der Waals surface area contributed by atoms with Crippen molar-refractivity contribution in [3.05, 3.63) is 18.2 Å². The Morgan fingerprint density at radius 1 is 1.05 bits per heavy atom. The molecule has 2 aliphatic rings. The first-order valence-corrected chi connectivity index (χ1v) is 7.90. The molecule has 0 N–H and O–H groups in total. The molecule has 0 bridgehead atoms. The predicted molar refractivity (Wildman–Crippen MR) is 82.0 cm³/mol. The van der Waals surface area contributed by atoms with Gasteiger partial charge in [0.15, 0.2) is 11.4 Å². The van der Waals surface area contributed by atoms with Crippen LogP contribution in [0.1, 0.15) is 19.3 Å². The summed E-state index contributed by atoms with van der Waals surface area (Å²) in [5.41, 5.74) is 0.812. The van der Waals surface area contributed by atoms with Crippen LogP contribution in [0.25, 0.3) is 11.0 Å². The number of anilines is 1. The van der Waals surface area contributed by atoms with Crippen LogP contribution in [0.5, 0.6) is 5.75 Å². The fraction of sp³-hybridized carbons (Fsp3) is 0.562. The normalized spacial score (nSPS) is 19.5. The molecule has 1 saturated heterocycles. The summed E-state index contributed by atoms with van der Waals surface area (Å²) >= 11 is 0. The van der Waals surface area contributed by atoms with Crippen LogP contribution in [0.2, 0.25) is 0 Å². The van der Waals surface area contributed by atoms with E-state index in [1.54, 1.807) is 0 Å². The van der Waals surface area contributed by atoms with Crippen LogP contribution in [0.4, 0.5) is 5.82 Å². The van der Waals surface area contributed by atoms with Gasteiger partial charge >= 0.3 is 0 Å². The monoisotopic (exact) mass is 287 g/mol. The summed E-state index contributed by atoms with van der Waals surface area (Å²) < 4.78 is 11.3. The quantitative estimate of drug-likeness (QED) is 0.867. The summed E-state index contributed by atoms with van der Waals surface area (Å²) in [7, 11) is 0. The smallest absolute Gasteiger partial charge is 0.183 e. The lowest BCUT2D eigenvalue weighted by Crippen LogP contribution is -2.39. The van der Waals surface area contributed by atoms with Crippen molar-refractivity contribution in [2.24, 2.45) is 0 Å². The minimum atomic E-state index is 0.704. The lowest BCUT2D eigenvalue weighted by Gasteiger charge is -2.29. The number of hydrogen-bond acceptors (Lipinski definition) is 5. The Bertz CT molecular complexity index is 619. The molecule has 0 saturated carbocycles. The second kappa shape index (κ2) is 5.56. The van der Waals surface area contributed by atoms with Crippen LogP contribution in [0.3, 0.4) is 0 Å². The van der Waals surface area contributed by atoms with Crippen molar-refractivity contribution < 1.29 is 9.26 Å². The van der Waals surface area contributed by atoms with Crippen LogP contribution in [-0.4, -0.2) is 49.4 Å². The zero-order valence-corrected chi connectivity index (χ0v) is 12.3. The van der Waals surface area contributed by atoms with Crippen molar-refractivity contribution in [1.82, 2.24) is 10.1 Å². The Labute approximate surface area is 124 Å². The highest BCUT2D eigenvalue weighted by Gasteiger charge is 2.23. The van der Waals surface area contributed by atoms with E-state index < -0.39 is 0 Å². The molecule has 21 heavy (non-hydrogen) atoms. The van der Waals surface area contributed by atoms with Crippen LogP contribution in [0, 0.1) is 0 Å². The number of piperidine rings is 1. The van der Waals surface area contributed by atoms with Crippen LogP contribution in [0.15, 0.2) is 22.7 Å². The Kier molecular flexibility index (Phi) is 3.43. The molecule has 0 radical (unpaired) electrons. The minimum absolute atomic E-state index is 0.704. The third kappa shape index (κ3) is 2.46. The van der Waals surface area contributed by atoms with Crippen LogP contribution in [-0.2, 0) is 0 Å².